The van der Waals surface area contributed by atoms with Crippen LogP contribution in [0.25, 0.3) is 0 Å². The van der Waals surface area contributed by atoms with E-state index in [2.05, 4.69) is 16.0 Å². The smallest absolute Gasteiger partial charge is 0.315 e. The van der Waals surface area contributed by atoms with E-state index < -0.39 is 68.9 Å². The molecule has 1 aliphatic carbocycles. The van der Waals surface area contributed by atoms with Crippen molar-refractivity contribution in [3.05, 3.63) is 0 Å². The van der Waals surface area contributed by atoms with Gasteiger partial charge in [0.1, 0.15) is 16.4 Å². The average Bonchev–Trinajstić information content (AvgIpc) is 3.03. The van der Waals surface area contributed by atoms with E-state index in [1.807, 2.05) is 20.8 Å². The summed E-state index contributed by atoms with van der Waals surface area (Å²) in [5.74, 6) is -4.08. The number of ketones is 1. The maximum Gasteiger partial charge on any atom is 0.315 e. The molecule has 2 aliphatic rings. The summed E-state index contributed by atoms with van der Waals surface area (Å²) in [7, 11) is 0. The van der Waals surface area contributed by atoms with Crippen molar-refractivity contribution in [2.45, 2.75) is 89.3 Å². The fourth-order valence-corrected chi connectivity index (χ4v) is 5.27. The summed E-state index contributed by atoms with van der Waals surface area (Å²) in [5, 5.41) is 8.08. The number of nitrogens with two attached hydrogens (primary N) is 1. The predicted octanol–water partition coefficient (Wildman–Crippen LogP) is 1.47. The summed E-state index contributed by atoms with van der Waals surface area (Å²) in [6.45, 7) is 12.8. The van der Waals surface area contributed by atoms with Gasteiger partial charge < -0.3 is 26.6 Å². The van der Waals surface area contributed by atoms with E-state index in [1.54, 1.807) is 27.7 Å². The van der Waals surface area contributed by atoms with Gasteiger partial charge >= 0.3 is 6.03 Å². The standard InChI is InChI=1S/C23H37Cl2N5O5/c1-8-9-12(15(31)17(26)32)27-18(33)14-13-11(23(13,24)25)10-30(14)19(34)16(21(2,3)4)28-20(35)29-22(5,6)7/h11-14,16H,8-10H2,1-7H3,(H2,26,32)(H,27,33)(H2,28,29,35)/t11-,12?,13-,14-,16+/m0/s1. The number of piperidine rings is 1. The Bertz CT molecular complexity index is 896. The molecule has 5 atom stereocenters. The van der Waals surface area contributed by atoms with Gasteiger partial charge in [-0.3, -0.25) is 19.2 Å². The normalized spacial score (nSPS) is 24.6. The van der Waals surface area contributed by atoms with Crippen molar-refractivity contribution in [3.8, 4) is 0 Å². The molecule has 12 heteroatoms. The lowest BCUT2D eigenvalue weighted by Gasteiger charge is -2.38. The van der Waals surface area contributed by atoms with Crippen LogP contribution in [-0.4, -0.2) is 69.0 Å². The Kier molecular flexibility index (Phi) is 8.44. The zero-order valence-electron chi connectivity index (χ0n) is 21.3. The van der Waals surface area contributed by atoms with E-state index in [0.29, 0.717) is 6.42 Å². The third-order valence-corrected chi connectivity index (χ3v) is 7.28. The highest BCUT2D eigenvalue weighted by Crippen LogP contribution is 2.65. The first-order valence-corrected chi connectivity index (χ1v) is 12.5. The third kappa shape index (κ3) is 6.58. The highest BCUT2D eigenvalue weighted by atomic mass is 35.5. The fraction of sp³-hybridized carbons (Fsp3) is 0.783. The van der Waals surface area contributed by atoms with Crippen LogP contribution in [0.2, 0.25) is 0 Å². The van der Waals surface area contributed by atoms with Crippen LogP contribution < -0.4 is 21.7 Å². The van der Waals surface area contributed by atoms with E-state index in [-0.39, 0.29) is 18.9 Å². The monoisotopic (exact) mass is 533 g/mol. The number of carbonyl (C=O) groups is 5. The lowest BCUT2D eigenvalue weighted by atomic mass is 9.85. The number of likely N-dealkylation sites (tertiary alicyclic amines) is 1. The summed E-state index contributed by atoms with van der Waals surface area (Å²) in [4.78, 5) is 64.7. The van der Waals surface area contributed by atoms with Crippen LogP contribution in [0.4, 0.5) is 4.79 Å². The van der Waals surface area contributed by atoms with Crippen LogP contribution in [0.3, 0.4) is 0 Å². The molecule has 0 bridgehead atoms. The molecule has 0 aromatic rings. The van der Waals surface area contributed by atoms with Crippen molar-refractivity contribution in [1.29, 1.82) is 0 Å². The molecule has 2 fully saturated rings. The van der Waals surface area contributed by atoms with Crippen LogP contribution >= 0.6 is 23.2 Å². The largest absolute Gasteiger partial charge is 0.363 e. The lowest BCUT2D eigenvalue weighted by Crippen LogP contribution is -2.62. The first-order chi connectivity index (χ1) is 15.8. The molecule has 5 amide bonds. The van der Waals surface area contributed by atoms with Crippen LogP contribution in [0.5, 0.6) is 0 Å². The zero-order valence-corrected chi connectivity index (χ0v) is 22.8. The zero-order chi connectivity index (χ0) is 27.1. The Hall–Kier alpha value is -2.07. The van der Waals surface area contributed by atoms with Gasteiger partial charge in [-0.1, -0.05) is 34.1 Å². The van der Waals surface area contributed by atoms with Gasteiger partial charge in [0.25, 0.3) is 5.91 Å². The Morgan fingerprint density at radius 3 is 2.09 bits per heavy atom. The molecule has 198 valence electrons. The van der Waals surface area contributed by atoms with Crippen molar-refractivity contribution >= 4 is 52.7 Å². The van der Waals surface area contributed by atoms with Gasteiger partial charge in [-0.15, -0.1) is 23.2 Å². The molecule has 1 saturated carbocycles. The number of hydrogen-bond donors (Lipinski definition) is 4. The molecule has 0 aromatic heterocycles. The number of nitrogens with one attached hydrogen (secondary N) is 3. The first kappa shape index (κ1) is 29.2. The van der Waals surface area contributed by atoms with E-state index in [0.717, 1.165) is 0 Å². The fourth-order valence-electron chi connectivity index (χ4n) is 4.44. The molecule has 5 N–H and O–H groups in total. The molecule has 1 saturated heterocycles. The second kappa shape index (κ2) is 10.1. The number of fused-ring (bicyclic) bond motifs is 1. The van der Waals surface area contributed by atoms with E-state index >= 15 is 0 Å². The van der Waals surface area contributed by atoms with Crippen molar-refractivity contribution in [3.63, 3.8) is 0 Å². The van der Waals surface area contributed by atoms with Crippen molar-refractivity contribution in [2.24, 2.45) is 23.0 Å². The molecule has 0 radical (unpaired) electrons. The van der Waals surface area contributed by atoms with Crippen molar-refractivity contribution < 1.29 is 24.0 Å². The van der Waals surface area contributed by atoms with Gasteiger partial charge in [0.2, 0.25) is 17.6 Å². The van der Waals surface area contributed by atoms with Crippen molar-refractivity contribution in [2.75, 3.05) is 6.54 Å². The molecule has 0 spiro atoms. The lowest BCUT2D eigenvalue weighted by molar-refractivity contribution is -0.144. The van der Waals surface area contributed by atoms with Gasteiger partial charge in [0.05, 0.1) is 6.04 Å². The number of nitrogens with zero attached hydrogens (tertiary/aromatic N) is 1. The minimum Gasteiger partial charge on any atom is -0.363 e. The maximum absolute atomic E-state index is 13.7. The van der Waals surface area contributed by atoms with Crippen LogP contribution in [0.1, 0.15) is 61.3 Å². The number of rotatable bonds is 8. The number of Topliss-reactive ketones (excluding diaryl/α,β-unsaturated/α-hetero) is 1. The summed E-state index contributed by atoms with van der Waals surface area (Å²) >= 11 is 12.8. The highest BCUT2D eigenvalue weighted by molar-refractivity contribution is 6.51. The minimum absolute atomic E-state index is 0.117. The van der Waals surface area contributed by atoms with Crippen LogP contribution in [0.15, 0.2) is 0 Å². The summed E-state index contributed by atoms with van der Waals surface area (Å²) in [5.41, 5.74) is 3.92. The summed E-state index contributed by atoms with van der Waals surface area (Å²) < 4.78 is -1.19. The molecule has 10 nitrogen and oxygen atoms in total. The highest BCUT2D eigenvalue weighted by Gasteiger charge is 2.74. The number of alkyl halides is 2. The molecule has 35 heavy (non-hydrogen) atoms. The van der Waals surface area contributed by atoms with Gasteiger partial charge in [0.15, 0.2) is 0 Å². The van der Waals surface area contributed by atoms with Gasteiger partial charge in [0, 0.05) is 23.9 Å². The number of amides is 5. The summed E-state index contributed by atoms with van der Waals surface area (Å²) in [6, 6.07) is -3.67. The molecule has 1 aliphatic heterocycles. The number of hydrogen-bond acceptors (Lipinski definition) is 5. The van der Waals surface area contributed by atoms with Crippen LogP contribution in [0, 0.1) is 17.3 Å². The van der Waals surface area contributed by atoms with Crippen LogP contribution in [-0.2, 0) is 19.2 Å². The number of halogens is 2. The van der Waals surface area contributed by atoms with E-state index in [4.69, 9.17) is 28.9 Å². The second-order valence-corrected chi connectivity index (χ2v) is 12.9. The van der Waals surface area contributed by atoms with E-state index in [9.17, 15) is 24.0 Å². The van der Waals surface area contributed by atoms with Gasteiger partial charge in [-0.2, -0.15) is 0 Å². The van der Waals surface area contributed by atoms with E-state index in [1.165, 1.54) is 4.90 Å². The molecule has 1 heterocycles. The molecule has 0 aromatic carbocycles. The number of urea groups is 1. The Morgan fingerprint density at radius 2 is 1.63 bits per heavy atom. The third-order valence-electron chi connectivity index (χ3n) is 6.21. The molecule has 1 unspecified atom stereocenters. The topological polar surface area (TPSA) is 151 Å². The van der Waals surface area contributed by atoms with Gasteiger partial charge in [-0.05, 0) is 32.6 Å². The molecular weight excluding hydrogens is 497 g/mol. The average molecular weight is 534 g/mol. The first-order valence-electron chi connectivity index (χ1n) is 11.7. The number of carbonyl (C=O) groups excluding carboxylic acids is 5. The number of primary amides is 1. The minimum atomic E-state index is -1.19. The Morgan fingerprint density at radius 1 is 1.06 bits per heavy atom. The molecular formula is C23H37Cl2N5O5. The summed E-state index contributed by atoms with van der Waals surface area (Å²) in [6.07, 6.45) is 0.714. The van der Waals surface area contributed by atoms with Gasteiger partial charge in [-0.25, -0.2) is 4.79 Å². The van der Waals surface area contributed by atoms with Crippen molar-refractivity contribution in [1.82, 2.24) is 20.9 Å². The Labute approximate surface area is 216 Å². The quantitative estimate of drug-likeness (QED) is 0.275. The predicted molar refractivity (Wildman–Crippen MR) is 133 cm³/mol. The second-order valence-electron chi connectivity index (χ2n) is 11.5. The maximum atomic E-state index is 13.7. The molecule has 2 rings (SSSR count). The Balaban J connectivity index is 2.31. The SMILES string of the molecule is CCCC(NC(=O)[C@@H]1[C@@H]2[C@H](CN1C(=O)[C@@H](NC(=O)NC(C)(C)C)C(C)(C)C)C2(Cl)Cl)C(=O)C(N)=O.